The first kappa shape index (κ1) is 13.1. The molecule has 0 saturated heterocycles. The van der Waals surface area contributed by atoms with Crippen LogP contribution in [0.3, 0.4) is 0 Å². The molecule has 1 aromatic heterocycles. The van der Waals surface area contributed by atoms with E-state index in [4.69, 9.17) is 17.3 Å². The summed E-state index contributed by atoms with van der Waals surface area (Å²) < 4.78 is 25.8. The average Bonchev–Trinajstić information content (AvgIpc) is 2.33. The predicted octanol–water partition coefficient (Wildman–Crippen LogP) is 1.59. The SMILES string of the molecule is NCCS(=O)(=O)Nc1ccc(Cl)c2cccnc12. The summed E-state index contributed by atoms with van der Waals surface area (Å²) in [6.45, 7) is 0.0638. The third-order valence-corrected chi connectivity index (χ3v) is 4.00. The fourth-order valence-corrected chi connectivity index (χ4v) is 2.72. The van der Waals surface area contributed by atoms with E-state index >= 15 is 0 Å². The van der Waals surface area contributed by atoms with E-state index in [1.54, 1.807) is 30.5 Å². The van der Waals surface area contributed by atoms with Gasteiger partial charge in [0.2, 0.25) is 10.0 Å². The molecular formula is C11H12ClN3O2S. The highest BCUT2D eigenvalue weighted by molar-refractivity contribution is 7.92. The van der Waals surface area contributed by atoms with Gasteiger partial charge in [0.25, 0.3) is 0 Å². The molecule has 0 spiro atoms. The van der Waals surface area contributed by atoms with Gasteiger partial charge in [-0.3, -0.25) is 9.71 Å². The lowest BCUT2D eigenvalue weighted by Crippen LogP contribution is -2.22. The van der Waals surface area contributed by atoms with Gasteiger partial charge in [-0.1, -0.05) is 11.6 Å². The summed E-state index contributed by atoms with van der Waals surface area (Å²) in [5.74, 6) is -0.135. The summed E-state index contributed by atoms with van der Waals surface area (Å²) in [5.41, 5.74) is 6.17. The third-order valence-electron chi connectivity index (χ3n) is 2.37. The minimum atomic E-state index is -3.45. The van der Waals surface area contributed by atoms with Crippen LogP contribution in [0, 0.1) is 0 Å². The fraction of sp³-hybridized carbons (Fsp3) is 0.182. The first-order valence-electron chi connectivity index (χ1n) is 5.27. The van der Waals surface area contributed by atoms with Crippen LogP contribution in [-0.4, -0.2) is 25.7 Å². The molecule has 2 rings (SSSR count). The zero-order valence-electron chi connectivity index (χ0n) is 9.43. The van der Waals surface area contributed by atoms with Gasteiger partial charge in [-0.2, -0.15) is 0 Å². The number of sulfonamides is 1. The fourth-order valence-electron chi connectivity index (χ4n) is 1.59. The van der Waals surface area contributed by atoms with Crippen molar-refractivity contribution >= 4 is 38.2 Å². The van der Waals surface area contributed by atoms with E-state index in [-0.39, 0.29) is 12.3 Å². The molecule has 3 N–H and O–H groups in total. The van der Waals surface area contributed by atoms with Crippen LogP contribution in [-0.2, 0) is 10.0 Å². The van der Waals surface area contributed by atoms with Crippen LogP contribution in [0.25, 0.3) is 10.9 Å². The monoisotopic (exact) mass is 285 g/mol. The minimum Gasteiger partial charge on any atom is -0.329 e. The molecule has 0 saturated carbocycles. The van der Waals surface area contributed by atoms with Gasteiger partial charge in [-0.25, -0.2) is 8.42 Å². The lowest BCUT2D eigenvalue weighted by molar-refractivity contribution is 0.601. The van der Waals surface area contributed by atoms with Crippen LogP contribution < -0.4 is 10.5 Å². The van der Waals surface area contributed by atoms with Gasteiger partial charge in [0.1, 0.15) is 0 Å². The van der Waals surface area contributed by atoms with Crippen molar-refractivity contribution in [2.24, 2.45) is 5.73 Å². The molecule has 0 aliphatic rings. The largest absolute Gasteiger partial charge is 0.329 e. The van der Waals surface area contributed by atoms with Gasteiger partial charge in [-0.15, -0.1) is 0 Å². The zero-order valence-corrected chi connectivity index (χ0v) is 11.0. The number of pyridine rings is 1. The van der Waals surface area contributed by atoms with E-state index in [1.165, 1.54) is 0 Å². The van der Waals surface area contributed by atoms with Gasteiger partial charge < -0.3 is 5.73 Å². The number of fused-ring (bicyclic) bond motifs is 1. The predicted molar refractivity (Wildman–Crippen MR) is 73.2 cm³/mol. The average molecular weight is 286 g/mol. The molecule has 18 heavy (non-hydrogen) atoms. The highest BCUT2D eigenvalue weighted by atomic mass is 35.5. The zero-order chi connectivity index (χ0) is 13.2. The minimum absolute atomic E-state index is 0.0638. The molecule has 0 bridgehead atoms. The van der Waals surface area contributed by atoms with Crippen molar-refractivity contribution in [3.05, 3.63) is 35.5 Å². The first-order chi connectivity index (χ1) is 8.53. The molecule has 7 heteroatoms. The van der Waals surface area contributed by atoms with Crippen LogP contribution in [0.1, 0.15) is 0 Å². The second-order valence-corrected chi connectivity index (χ2v) is 5.95. The maximum atomic E-state index is 11.7. The lowest BCUT2D eigenvalue weighted by Gasteiger charge is -2.10. The molecule has 0 unspecified atom stereocenters. The molecular weight excluding hydrogens is 274 g/mol. The van der Waals surface area contributed by atoms with E-state index in [1.807, 2.05) is 0 Å². The summed E-state index contributed by atoms with van der Waals surface area (Å²) in [4.78, 5) is 4.14. The number of benzene rings is 1. The van der Waals surface area contributed by atoms with E-state index in [2.05, 4.69) is 9.71 Å². The van der Waals surface area contributed by atoms with Crippen LogP contribution in [0.15, 0.2) is 30.5 Å². The van der Waals surface area contributed by atoms with Gasteiger partial charge in [0.05, 0.1) is 22.0 Å². The highest BCUT2D eigenvalue weighted by Crippen LogP contribution is 2.28. The van der Waals surface area contributed by atoms with Gasteiger partial charge >= 0.3 is 0 Å². The number of hydrogen-bond acceptors (Lipinski definition) is 4. The van der Waals surface area contributed by atoms with Crippen molar-refractivity contribution in [1.82, 2.24) is 4.98 Å². The van der Waals surface area contributed by atoms with Gasteiger partial charge in [0, 0.05) is 18.1 Å². The number of nitrogens with zero attached hydrogens (tertiary/aromatic N) is 1. The Morgan fingerprint density at radius 2 is 2.11 bits per heavy atom. The molecule has 0 aliphatic carbocycles. The molecule has 0 radical (unpaired) electrons. The Kier molecular flexibility index (Phi) is 3.70. The first-order valence-corrected chi connectivity index (χ1v) is 7.30. The third kappa shape index (κ3) is 2.72. The number of halogens is 1. The summed E-state index contributed by atoms with van der Waals surface area (Å²) in [7, 11) is -3.45. The van der Waals surface area contributed by atoms with E-state index in [0.29, 0.717) is 21.6 Å². The Morgan fingerprint density at radius 3 is 2.83 bits per heavy atom. The maximum Gasteiger partial charge on any atom is 0.234 e. The Labute approximate surface area is 110 Å². The summed E-state index contributed by atoms with van der Waals surface area (Å²) in [6.07, 6.45) is 1.58. The number of nitrogens with one attached hydrogen (secondary N) is 1. The van der Waals surface area contributed by atoms with E-state index in [0.717, 1.165) is 0 Å². The van der Waals surface area contributed by atoms with Crippen molar-refractivity contribution < 1.29 is 8.42 Å². The summed E-state index contributed by atoms with van der Waals surface area (Å²) >= 11 is 6.02. The van der Waals surface area contributed by atoms with E-state index in [9.17, 15) is 8.42 Å². The number of aromatic nitrogens is 1. The molecule has 0 atom stereocenters. The van der Waals surface area contributed by atoms with E-state index < -0.39 is 10.0 Å². The normalized spacial score (nSPS) is 11.7. The Morgan fingerprint density at radius 1 is 1.33 bits per heavy atom. The lowest BCUT2D eigenvalue weighted by atomic mass is 10.2. The standard InChI is InChI=1S/C11H12ClN3O2S/c12-9-3-4-10(15-18(16,17)7-5-13)11-8(9)2-1-6-14-11/h1-4,6,15H,5,7,13H2. The Bertz CT molecular complexity index is 673. The van der Waals surface area contributed by atoms with Crippen LogP contribution >= 0.6 is 11.6 Å². The number of nitrogens with two attached hydrogens (primary N) is 1. The topological polar surface area (TPSA) is 85.1 Å². The molecule has 0 fully saturated rings. The second-order valence-electron chi connectivity index (χ2n) is 3.70. The quantitative estimate of drug-likeness (QED) is 0.893. The molecule has 1 heterocycles. The maximum absolute atomic E-state index is 11.7. The van der Waals surface area contributed by atoms with Crippen LogP contribution in [0.5, 0.6) is 0 Å². The number of anilines is 1. The highest BCUT2D eigenvalue weighted by Gasteiger charge is 2.12. The van der Waals surface area contributed by atoms with Crippen LogP contribution in [0.2, 0.25) is 5.02 Å². The number of rotatable bonds is 4. The van der Waals surface area contributed by atoms with Crippen molar-refractivity contribution in [3.8, 4) is 0 Å². The molecule has 0 aliphatic heterocycles. The summed E-state index contributed by atoms with van der Waals surface area (Å²) in [5, 5.41) is 1.23. The molecule has 96 valence electrons. The van der Waals surface area contributed by atoms with Crippen molar-refractivity contribution in [1.29, 1.82) is 0 Å². The molecule has 5 nitrogen and oxygen atoms in total. The number of hydrogen-bond donors (Lipinski definition) is 2. The van der Waals surface area contributed by atoms with Gasteiger partial charge in [-0.05, 0) is 24.3 Å². The van der Waals surface area contributed by atoms with Gasteiger partial charge in [0.15, 0.2) is 0 Å². The Hall–Kier alpha value is -1.37. The summed E-state index contributed by atoms with van der Waals surface area (Å²) in [6, 6.07) is 6.75. The Balaban J connectivity index is 2.50. The molecule has 1 aromatic carbocycles. The smallest absolute Gasteiger partial charge is 0.234 e. The van der Waals surface area contributed by atoms with Crippen molar-refractivity contribution in [2.75, 3.05) is 17.0 Å². The molecule has 0 amide bonds. The molecule has 2 aromatic rings. The van der Waals surface area contributed by atoms with Crippen LogP contribution in [0.4, 0.5) is 5.69 Å². The second kappa shape index (κ2) is 5.09. The van der Waals surface area contributed by atoms with Crippen molar-refractivity contribution in [3.63, 3.8) is 0 Å². The van der Waals surface area contributed by atoms with Crippen molar-refractivity contribution in [2.45, 2.75) is 0 Å².